The predicted octanol–water partition coefficient (Wildman–Crippen LogP) is 3.94. The summed E-state index contributed by atoms with van der Waals surface area (Å²) in [6.45, 7) is 2.17. The van der Waals surface area contributed by atoms with Crippen molar-refractivity contribution in [3.63, 3.8) is 0 Å². The van der Waals surface area contributed by atoms with Crippen LogP contribution < -0.4 is 4.74 Å². The van der Waals surface area contributed by atoms with Crippen molar-refractivity contribution in [2.24, 2.45) is 0 Å². The zero-order valence-electron chi connectivity index (χ0n) is 16.2. The molecule has 0 radical (unpaired) electrons. The number of carboxylic acid groups (broad SMARTS) is 1. The van der Waals surface area contributed by atoms with Crippen LogP contribution in [0.3, 0.4) is 0 Å². The number of carboxylic acids is 1. The molecule has 6 nitrogen and oxygen atoms in total. The molecule has 0 aliphatic carbocycles. The lowest BCUT2D eigenvalue weighted by Gasteiger charge is -2.30. The Balaban J connectivity index is 2.44. The maximum absolute atomic E-state index is 13.6. The number of rotatable bonds is 12. The molecule has 30 heavy (non-hydrogen) atoms. The standard InChI is InChI=1S/C21H23F2NO5S/c1-16(23)13-18(14-21(25)26)24(15-17-5-3-2-4-6-17)30(27,28)20-9-7-19(8-10-20)29-12-11-22/h2-10,18H,1,11-15H2,(H,25,26). The molecule has 0 spiro atoms. The Bertz CT molecular complexity index is 933. The van der Waals surface area contributed by atoms with E-state index >= 15 is 0 Å². The fourth-order valence-corrected chi connectivity index (χ4v) is 4.52. The van der Waals surface area contributed by atoms with Crippen molar-refractivity contribution in [3.8, 4) is 5.75 Å². The fraction of sp³-hybridized carbons (Fsp3) is 0.286. The molecule has 0 bridgehead atoms. The van der Waals surface area contributed by atoms with E-state index in [1.54, 1.807) is 30.3 Å². The van der Waals surface area contributed by atoms with E-state index in [-0.39, 0.29) is 18.0 Å². The van der Waals surface area contributed by atoms with Crippen LogP contribution in [-0.4, -0.2) is 43.1 Å². The Morgan fingerprint density at radius 2 is 1.73 bits per heavy atom. The SMILES string of the molecule is C=C(F)CC(CC(=O)O)N(Cc1ccccc1)S(=O)(=O)c1ccc(OCCF)cc1. The Kier molecular flexibility index (Phi) is 8.49. The number of hydrogen-bond donors (Lipinski definition) is 1. The van der Waals surface area contributed by atoms with Gasteiger partial charge in [0.2, 0.25) is 10.0 Å². The third-order valence-electron chi connectivity index (χ3n) is 4.23. The van der Waals surface area contributed by atoms with Crippen LogP contribution >= 0.6 is 0 Å². The van der Waals surface area contributed by atoms with Crippen molar-refractivity contribution >= 4 is 16.0 Å². The van der Waals surface area contributed by atoms with Crippen LogP contribution in [0.25, 0.3) is 0 Å². The molecule has 0 aromatic heterocycles. The normalized spacial score (nSPS) is 12.5. The first kappa shape index (κ1) is 23.5. The van der Waals surface area contributed by atoms with Crippen LogP contribution in [0.5, 0.6) is 5.75 Å². The molecule has 2 rings (SSSR count). The zero-order chi connectivity index (χ0) is 22.1. The quantitative estimate of drug-likeness (QED) is 0.542. The van der Waals surface area contributed by atoms with Crippen LogP contribution in [-0.2, 0) is 21.4 Å². The molecule has 0 aliphatic heterocycles. The third kappa shape index (κ3) is 6.64. The number of halogens is 2. The highest BCUT2D eigenvalue weighted by Gasteiger charge is 2.33. The maximum Gasteiger partial charge on any atom is 0.304 e. The lowest BCUT2D eigenvalue weighted by molar-refractivity contribution is -0.138. The fourth-order valence-electron chi connectivity index (χ4n) is 2.91. The summed E-state index contributed by atoms with van der Waals surface area (Å²) >= 11 is 0. The topological polar surface area (TPSA) is 83.9 Å². The predicted molar refractivity (Wildman–Crippen MR) is 108 cm³/mol. The van der Waals surface area contributed by atoms with Crippen LogP contribution in [0, 0.1) is 0 Å². The summed E-state index contributed by atoms with van der Waals surface area (Å²) < 4.78 is 58.6. The van der Waals surface area contributed by atoms with E-state index in [1.165, 1.54) is 24.3 Å². The summed E-state index contributed by atoms with van der Waals surface area (Å²) in [6.07, 6.45) is -1.04. The molecule has 2 aromatic carbocycles. The summed E-state index contributed by atoms with van der Waals surface area (Å²) in [5, 5.41) is 9.25. The first-order chi connectivity index (χ1) is 14.2. The molecule has 0 fully saturated rings. The molecule has 0 saturated carbocycles. The minimum absolute atomic E-state index is 0.120. The number of aliphatic carboxylic acids is 1. The summed E-state index contributed by atoms with van der Waals surface area (Å²) in [5.41, 5.74) is 0.615. The van der Waals surface area contributed by atoms with Crippen LogP contribution in [0.2, 0.25) is 0 Å². The van der Waals surface area contributed by atoms with E-state index in [4.69, 9.17) is 4.74 Å². The maximum atomic E-state index is 13.6. The van der Waals surface area contributed by atoms with Gasteiger partial charge < -0.3 is 9.84 Å². The van der Waals surface area contributed by atoms with Crippen molar-refractivity contribution in [1.82, 2.24) is 4.31 Å². The van der Waals surface area contributed by atoms with Gasteiger partial charge in [0.25, 0.3) is 0 Å². The summed E-state index contributed by atoms with van der Waals surface area (Å²) in [7, 11) is -4.19. The second-order valence-corrected chi connectivity index (χ2v) is 8.41. The number of alkyl halides is 1. The average Bonchev–Trinajstić information content (AvgIpc) is 2.70. The molecular formula is C21H23F2NO5S. The van der Waals surface area contributed by atoms with Gasteiger partial charge in [-0.15, -0.1) is 0 Å². The van der Waals surface area contributed by atoms with E-state index in [9.17, 15) is 27.1 Å². The van der Waals surface area contributed by atoms with Crippen LogP contribution in [0.1, 0.15) is 18.4 Å². The van der Waals surface area contributed by atoms with Gasteiger partial charge in [-0.3, -0.25) is 4.79 Å². The van der Waals surface area contributed by atoms with Gasteiger partial charge in [0, 0.05) is 19.0 Å². The summed E-state index contributed by atoms with van der Waals surface area (Å²) in [5.74, 6) is -1.78. The van der Waals surface area contributed by atoms with Crippen LogP contribution in [0.15, 0.2) is 71.9 Å². The third-order valence-corrected chi connectivity index (χ3v) is 6.14. The molecule has 2 aromatic rings. The van der Waals surface area contributed by atoms with Crippen molar-refractivity contribution in [2.45, 2.75) is 30.3 Å². The van der Waals surface area contributed by atoms with E-state index in [0.717, 1.165) is 4.31 Å². The second kappa shape index (κ2) is 10.8. The zero-order valence-corrected chi connectivity index (χ0v) is 17.0. The molecule has 1 N–H and O–H groups in total. The largest absolute Gasteiger partial charge is 0.491 e. The average molecular weight is 439 g/mol. The summed E-state index contributed by atoms with van der Waals surface area (Å²) in [6, 6.07) is 12.7. The number of sulfonamides is 1. The smallest absolute Gasteiger partial charge is 0.304 e. The van der Waals surface area contributed by atoms with Gasteiger partial charge in [0.05, 0.1) is 17.1 Å². The first-order valence-electron chi connectivity index (χ1n) is 9.13. The number of carbonyl (C=O) groups is 1. The highest BCUT2D eigenvalue weighted by Crippen LogP contribution is 2.27. The lowest BCUT2D eigenvalue weighted by Crippen LogP contribution is -2.41. The highest BCUT2D eigenvalue weighted by atomic mass is 32.2. The molecular weight excluding hydrogens is 416 g/mol. The van der Waals surface area contributed by atoms with Gasteiger partial charge in [-0.1, -0.05) is 36.9 Å². The Morgan fingerprint density at radius 1 is 1.10 bits per heavy atom. The van der Waals surface area contributed by atoms with Gasteiger partial charge in [0.1, 0.15) is 19.0 Å². The van der Waals surface area contributed by atoms with Gasteiger partial charge in [-0.25, -0.2) is 17.2 Å². The van der Waals surface area contributed by atoms with E-state index in [1.807, 2.05) is 0 Å². The van der Waals surface area contributed by atoms with Crippen molar-refractivity contribution in [3.05, 3.63) is 72.6 Å². The van der Waals surface area contributed by atoms with Gasteiger partial charge in [0.15, 0.2) is 0 Å². The van der Waals surface area contributed by atoms with Gasteiger partial charge in [-0.2, -0.15) is 4.31 Å². The highest BCUT2D eigenvalue weighted by molar-refractivity contribution is 7.89. The lowest BCUT2D eigenvalue weighted by atomic mass is 10.1. The molecule has 9 heteroatoms. The van der Waals surface area contributed by atoms with Gasteiger partial charge in [-0.05, 0) is 29.8 Å². The Morgan fingerprint density at radius 3 is 2.27 bits per heavy atom. The van der Waals surface area contributed by atoms with Crippen molar-refractivity contribution < 1.29 is 31.8 Å². The minimum atomic E-state index is -4.19. The van der Waals surface area contributed by atoms with Crippen molar-refractivity contribution in [2.75, 3.05) is 13.3 Å². The number of hydrogen-bond acceptors (Lipinski definition) is 4. The van der Waals surface area contributed by atoms with E-state index in [2.05, 4.69) is 6.58 Å². The van der Waals surface area contributed by atoms with Crippen LogP contribution in [0.4, 0.5) is 8.78 Å². The summed E-state index contributed by atoms with van der Waals surface area (Å²) in [4.78, 5) is 11.2. The number of nitrogens with zero attached hydrogens (tertiary/aromatic N) is 1. The van der Waals surface area contributed by atoms with E-state index in [0.29, 0.717) is 11.3 Å². The molecule has 162 valence electrons. The molecule has 0 aliphatic rings. The monoisotopic (exact) mass is 439 g/mol. The van der Waals surface area contributed by atoms with Gasteiger partial charge >= 0.3 is 5.97 Å². The number of benzene rings is 2. The minimum Gasteiger partial charge on any atom is -0.491 e. The molecule has 0 saturated heterocycles. The second-order valence-electron chi connectivity index (χ2n) is 6.52. The molecule has 1 unspecified atom stereocenters. The Labute approximate surface area is 174 Å². The van der Waals surface area contributed by atoms with Crippen molar-refractivity contribution in [1.29, 1.82) is 0 Å². The molecule has 0 amide bonds. The molecule has 0 heterocycles. The number of ether oxygens (including phenoxy) is 1. The van der Waals surface area contributed by atoms with E-state index < -0.39 is 47.4 Å². The first-order valence-corrected chi connectivity index (χ1v) is 10.6. The molecule has 1 atom stereocenters. The Hall–Kier alpha value is -2.78.